The third kappa shape index (κ3) is 1.43. The Bertz CT molecular complexity index is 589. The number of furan rings is 1. The standard InChI is InChI=1S/C11H13N3OS/c1-6-5-9(7(2)15-6)10-12-13-11(16)14(10)8-3-4-8/h5,8H,3-4H2,1-2H3,(H,13,16). The van der Waals surface area contributed by atoms with Crippen LogP contribution in [0, 0.1) is 18.6 Å². The van der Waals surface area contributed by atoms with Crippen LogP contribution in [0.5, 0.6) is 0 Å². The predicted molar refractivity (Wildman–Crippen MR) is 62.9 cm³/mol. The monoisotopic (exact) mass is 235 g/mol. The van der Waals surface area contributed by atoms with E-state index in [1.165, 1.54) is 12.8 Å². The van der Waals surface area contributed by atoms with Gasteiger partial charge in [0.25, 0.3) is 0 Å². The molecule has 2 heterocycles. The van der Waals surface area contributed by atoms with Crippen LogP contribution in [-0.2, 0) is 0 Å². The van der Waals surface area contributed by atoms with Crippen LogP contribution in [0.4, 0.5) is 0 Å². The van der Waals surface area contributed by atoms with Gasteiger partial charge in [-0.15, -0.1) is 0 Å². The number of aromatic amines is 1. The van der Waals surface area contributed by atoms with Gasteiger partial charge in [0, 0.05) is 6.04 Å². The minimum Gasteiger partial charge on any atom is -0.466 e. The van der Waals surface area contributed by atoms with Gasteiger partial charge in [0.15, 0.2) is 10.6 Å². The minimum absolute atomic E-state index is 0.524. The van der Waals surface area contributed by atoms with Crippen molar-refractivity contribution < 1.29 is 4.42 Å². The molecule has 1 aliphatic rings. The van der Waals surface area contributed by atoms with E-state index in [4.69, 9.17) is 16.6 Å². The lowest BCUT2D eigenvalue weighted by Crippen LogP contribution is -1.97. The van der Waals surface area contributed by atoms with E-state index < -0.39 is 0 Å². The Morgan fingerprint density at radius 3 is 2.81 bits per heavy atom. The molecule has 0 spiro atoms. The SMILES string of the molecule is Cc1cc(-c2n[nH]c(=S)n2C2CC2)c(C)o1. The van der Waals surface area contributed by atoms with Crippen LogP contribution in [0.25, 0.3) is 11.4 Å². The summed E-state index contributed by atoms with van der Waals surface area (Å²) in [6.07, 6.45) is 2.38. The molecule has 1 aliphatic carbocycles. The van der Waals surface area contributed by atoms with E-state index in [-0.39, 0.29) is 0 Å². The van der Waals surface area contributed by atoms with Gasteiger partial charge in [-0.05, 0) is 45.0 Å². The molecule has 0 aromatic carbocycles. The highest BCUT2D eigenvalue weighted by atomic mass is 32.1. The quantitative estimate of drug-likeness (QED) is 0.813. The van der Waals surface area contributed by atoms with Crippen LogP contribution in [0.1, 0.15) is 30.4 Å². The molecule has 4 nitrogen and oxygen atoms in total. The highest BCUT2D eigenvalue weighted by Crippen LogP contribution is 2.38. The second-order valence-electron chi connectivity index (χ2n) is 4.28. The van der Waals surface area contributed by atoms with Crippen molar-refractivity contribution in [3.05, 3.63) is 22.4 Å². The zero-order chi connectivity index (χ0) is 11.3. The average molecular weight is 235 g/mol. The Labute approximate surface area is 98.3 Å². The predicted octanol–water partition coefficient (Wildman–Crippen LogP) is 3.15. The van der Waals surface area contributed by atoms with Crippen molar-refractivity contribution in [2.24, 2.45) is 0 Å². The molecule has 2 aromatic heterocycles. The van der Waals surface area contributed by atoms with Crippen molar-refractivity contribution in [1.82, 2.24) is 14.8 Å². The number of nitrogens with zero attached hydrogens (tertiary/aromatic N) is 2. The minimum atomic E-state index is 0.524. The molecule has 1 fully saturated rings. The van der Waals surface area contributed by atoms with Crippen molar-refractivity contribution in [3.8, 4) is 11.4 Å². The molecular weight excluding hydrogens is 222 g/mol. The highest BCUT2D eigenvalue weighted by molar-refractivity contribution is 7.71. The molecule has 2 aromatic rings. The fraction of sp³-hybridized carbons (Fsp3) is 0.455. The maximum absolute atomic E-state index is 5.53. The summed E-state index contributed by atoms with van der Waals surface area (Å²) in [5.74, 6) is 2.71. The molecule has 0 saturated heterocycles. The van der Waals surface area contributed by atoms with Gasteiger partial charge in [0.05, 0.1) is 5.56 Å². The fourth-order valence-corrected chi connectivity index (χ4v) is 2.30. The molecule has 0 atom stereocenters. The number of nitrogens with one attached hydrogen (secondary N) is 1. The van der Waals surface area contributed by atoms with Crippen LogP contribution in [0.3, 0.4) is 0 Å². The second kappa shape index (κ2) is 3.31. The first-order chi connectivity index (χ1) is 7.66. The molecule has 5 heteroatoms. The average Bonchev–Trinajstić information content (AvgIpc) is 2.91. The Morgan fingerprint density at radius 1 is 1.50 bits per heavy atom. The summed E-state index contributed by atoms with van der Waals surface area (Å²) < 4.78 is 8.34. The maximum atomic E-state index is 5.53. The molecule has 1 saturated carbocycles. The summed E-state index contributed by atoms with van der Waals surface area (Å²) in [4.78, 5) is 0. The first kappa shape index (κ1) is 9.84. The Morgan fingerprint density at radius 2 is 2.25 bits per heavy atom. The second-order valence-corrected chi connectivity index (χ2v) is 4.67. The largest absolute Gasteiger partial charge is 0.466 e. The van der Waals surface area contributed by atoms with Crippen molar-refractivity contribution in [1.29, 1.82) is 0 Å². The fourth-order valence-electron chi connectivity index (χ4n) is 2.02. The van der Waals surface area contributed by atoms with Gasteiger partial charge >= 0.3 is 0 Å². The van der Waals surface area contributed by atoms with Crippen LogP contribution < -0.4 is 0 Å². The van der Waals surface area contributed by atoms with E-state index in [1.54, 1.807) is 0 Å². The van der Waals surface area contributed by atoms with E-state index in [0.717, 1.165) is 22.9 Å². The van der Waals surface area contributed by atoms with Crippen molar-refractivity contribution in [3.63, 3.8) is 0 Å². The summed E-state index contributed by atoms with van der Waals surface area (Å²) in [5, 5.41) is 7.17. The van der Waals surface area contributed by atoms with Gasteiger partial charge in [-0.2, -0.15) is 5.10 Å². The van der Waals surface area contributed by atoms with Gasteiger partial charge in [-0.3, -0.25) is 9.67 Å². The summed E-state index contributed by atoms with van der Waals surface area (Å²) in [7, 11) is 0. The van der Waals surface area contributed by atoms with Gasteiger partial charge in [-0.1, -0.05) is 0 Å². The van der Waals surface area contributed by atoms with E-state index in [9.17, 15) is 0 Å². The molecule has 0 amide bonds. The Kier molecular flexibility index (Phi) is 2.04. The van der Waals surface area contributed by atoms with Crippen molar-refractivity contribution >= 4 is 12.2 Å². The topological polar surface area (TPSA) is 46.8 Å². The smallest absolute Gasteiger partial charge is 0.195 e. The molecule has 0 unspecified atom stereocenters. The Balaban J connectivity index is 2.19. The number of aryl methyl sites for hydroxylation is 2. The number of hydrogen-bond acceptors (Lipinski definition) is 3. The molecule has 0 bridgehead atoms. The highest BCUT2D eigenvalue weighted by Gasteiger charge is 2.28. The lowest BCUT2D eigenvalue weighted by atomic mass is 10.2. The van der Waals surface area contributed by atoms with Gasteiger partial charge in [-0.25, -0.2) is 0 Å². The zero-order valence-corrected chi connectivity index (χ0v) is 10.1. The lowest BCUT2D eigenvalue weighted by molar-refractivity contribution is 0.505. The molecule has 84 valence electrons. The van der Waals surface area contributed by atoms with Crippen LogP contribution in [-0.4, -0.2) is 14.8 Å². The Hall–Kier alpha value is -1.36. The number of aromatic nitrogens is 3. The summed E-state index contributed by atoms with van der Waals surface area (Å²) in [6.45, 7) is 3.90. The summed E-state index contributed by atoms with van der Waals surface area (Å²) in [5.41, 5.74) is 1.04. The van der Waals surface area contributed by atoms with Gasteiger partial charge in [0.1, 0.15) is 11.5 Å². The van der Waals surface area contributed by atoms with Gasteiger partial charge < -0.3 is 4.42 Å². The van der Waals surface area contributed by atoms with E-state index in [2.05, 4.69) is 14.8 Å². The number of H-pyrrole nitrogens is 1. The van der Waals surface area contributed by atoms with E-state index in [0.29, 0.717) is 10.8 Å². The number of rotatable bonds is 2. The van der Waals surface area contributed by atoms with Gasteiger partial charge in [0.2, 0.25) is 0 Å². The van der Waals surface area contributed by atoms with E-state index >= 15 is 0 Å². The summed E-state index contributed by atoms with van der Waals surface area (Å²) in [6, 6.07) is 2.54. The van der Waals surface area contributed by atoms with E-state index in [1.807, 2.05) is 19.9 Å². The van der Waals surface area contributed by atoms with Crippen LogP contribution >= 0.6 is 12.2 Å². The molecule has 1 N–H and O–H groups in total. The normalized spacial score (nSPS) is 15.6. The lowest BCUT2D eigenvalue weighted by Gasteiger charge is -2.02. The first-order valence-corrected chi connectivity index (χ1v) is 5.82. The molecular formula is C11H13N3OS. The zero-order valence-electron chi connectivity index (χ0n) is 9.28. The van der Waals surface area contributed by atoms with Crippen molar-refractivity contribution in [2.45, 2.75) is 32.7 Å². The molecule has 0 aliphatic heterocycles. The third-order valence-corrected chi connectivity index (χ3v) is 3.19. The molecule has 0 radical (unpaired) electrons. The van der Waals surface area contributed by atoms with Crippen molar-refractivity contribution in [2.75, 3.05) is 0 Å². The molecule has 3 rings (SSSR count). The number of hydrogen-bond donors (Lipinski definition) is 1. The molecule has 16 heavy (non-hydrogen) atoms. The first-order valence-electron chi connectivity index (χ1n) is 5.41. The van der Waals surface area contributed by atoms with Crippen LogP contribution in [0.2, 0.25) is 0 Å². The summed E-state index contributed by atoms with van der Waals surface area (Å²) >= 11 is 5.25. The van der Waals surface area contributed by atoms with Crippen LogP contribution in [0.15, 0.2) is 10.5 Å². The maximum Gasteiger partial charge on any atom is 0.195 e. The third-order valence-electron chi connectivity index (χ3n) is 2.90.